The predicted octanol–water partition coefficient (Wildman–Crippen LogP) is 6.27. The number of hydrogen-bond donors (Lipinski definition) is 3. The quantitative estimate of drug-likeness (QED) is 0.243. The number of anilines is 1. The molecule has 1 aliphatic heterocycles. The van der Waals surface area contributed by atoms with E-state index in [1.807, 2.05) is 45.1 Å². The zero-order chi connectivity index (χ0) is 26.6. The molecule has 5 rings (SSSR count). The molecule has 4 heterocycles. The molecule has 1 saturated heterocycles. The number of para-hydroxylation sites is 1. The van der Waals surface area contributed by atoms with E-state index in [0.717, 1.165) is 69.8 Å². The van der Waals surface area contributed by atoms with E-state index in [-0.39, 0.29) is 5.91 Å². The molecule has 0 spiro atoms. The fourth-order valence-corrected chi connectivity index (χ4v) is 4.98. The number of allylic oxidation sites excluding steroid dienone is 5. The molecule has 1 fully saturated rings. The summed E-state index contributed by atoms with van der Waals surface area (Å²) in [5.41, 5.74) is 8.61. The van der Waals surface area contributed by atoms with Gasteiger partial charge in [0, 0.05) is 30.8 Å². The average Bonchev–Trinajstić information content (AvgIpc) is 3.52. The Morgan fingerprint density at radius 1 is 1.05 bits per heavy atom. The molecule has 38 heavy (non-hydrogen) atoms. The zero-order valence-corrected chi connectivity index (χ0v) is 22.4. The molecule has 0 saturated carbocycles. The molecule has 1 aromatic carbocycles. The second-order valence-electron chi connectivity index (χ2n) is 10.0. The second-order valence-corrected chi connectivity index (χ2v) is 10.0. The van der Waals surface area contributed by atoms with Gasteiger partial charge in [0.1, 0.15) is 11.0 Å². The van der Waals surface area contributed by atoms with E-state index in [1.54, 1.807) is 0 Å². The maximum atomic E-state index is 12.1. The highest BCUT2D eigenvalue weighted by atomic mass is 16.1. The number of carbonyl (C=O) groups is 1. The van der Waals surface area contributed by atoms with Crippen LogP contribution in [0.4, 0.5) is 5.69 Å². The van der Waals surface area contributed by atoms with Crippen LogP contribution in [0.15, 0.2) is 60.3 Å². The van der Waals surface area contributed by atoms with Crippen LogP contribution in [0.2, 0.25) is 0 Å². The van der Waals surface area contributed by atoms with Crippen molar-refractivity contribution in [1.82, 2.24) is 30.5 Å². The Bertz CT molecular complexity index is 1550. The molecule has 3 aromatic heterocycles. The van der Waals surface area contributed by atoms with E-state index in [1.165, 1.54) is 19.3 Å². The van der Waals surface area contributed by atoms with Gasteiger partial charge in [-0.25, -0.2) is 9.97 Å². The summed E-state index contributed by atoms with van der Waals surface area (Å²) in [5, 5.41) is 10.6. The summed E-state index contributed by atoms with van der Waals surface area (Å²) in [6.45, 7) is 12.0. The Morgan fingerprint density at radius 2 is 1.87 bits per heavy atom. The van der Waals surface area contributed by atoms with Gasteiger partial charge in [0.25, 0.3) is 0 Å². The standard InChI is InChI=1S/C30H35N7O/c1-5-10-26(38)31-20(4)18-21(17-19(2)3)22-13-14-24-28(32-22)29(36-35-24)30-33-23-11-9-12-25(27(23)34-30)37-15-7-6-8-16-37/h9,11-14,17-18H,2,5-8,10,15-16H2,1,3-4H3,(H,31,38)(H,33,34)(H,35,36)/b20-18+,21-17+. The van der Waals surface area contributed by atoms with Crippen molar-refractivity contribution in [3.05, 3.63) is 66.0 Å². The molecule has 1 amide bonds. The van der Waals surface area contributed by atoms with Crippen molar-refractivity contribution >= 4 is 39.2 Å². The minimum Gasteiger partial charge on any atom is -0.370 e. The second kappa shape index (κ2) is 11.0. The van der Waals surface area contributed by atoms with Crippen LogP contribution in [-0.4, -0.2) is 44.1 Å². The van der Waals surface area contributed by atoms with Crippen molar-refractivity contribution in [2.24, 2.45) is 0 Å². The van der Waals surface area contributed by atoms with Crippen molar-refractivity contribution in [3.8, 4) is 11.5 Å². The van der Waals surface area contributed by atoms with Gasteiger partial charge < -0.3 is 15.2 Å². The number of rotatable bonds is 8. The lowest BCUT2D eigenvalue weighted by Crippen LogP contribution is -2.29. The molecule has 1 aliphatic rings. The van der Waals surface area contributed by atoms with Gasteiger partial charge in [0.2, 0.25) is 5.91 Å². The maximum Gasteiger partial charge on any atom is 0.224 e. The van der Waals surface area contributed by atoms with E-state index in [0.29, 0.717) is 17.9 Å². The molecule has 8 heteroatoms. The first-order chi connectivity index (χ1) is 18.4. The Labute approximate surface area is 222 Å². The van der Waals surface area contributed by atoms with Crippen LogP contribution < -0.4 is 10.2 Å². The lowest BCUT2D eigenvalue weighted by atomic mass is 10.1. The predicted molar refractivity (Wildman–Crippen MR) is 155 cm³/mol. The van der Waals surface area contributed by atoms with Crippen LogP contribution in [0.5, 0.6) is 0 Å². The van der Waals surface area contributed by atoms with Gasteiger partial charge in [-0.2, -0.15) is 5.10 Å². The molecule has 8 nitrogen and oxygen atoms in total. The van der Waals surface area contributed by atoms with E-state index >= 15 is 0 Å². The number of amides is 1. The number of H-pyrrole nitrogens is 2. The van der Waals surface area contributed by atoms with Crippen LogP contribution in [-0.2, 0) is 4.79 Å². The summed E-state index contributed by atoms with van der Waals surface area (Å²) in [6, 6.07) is 10.2. The van der Waals surface area contributed by atoms with E-state index in [2.05, 4.69) is 50.2 Å². The molecule has 196 valence electrons. The van der Waals surface area contributed by atoms with E-state index < -0.39 is 0 Å². The Kier molecular flexibility index (Phi) is 7.40. The molecule has 0 radical (unpaired) electrons. The van der Waals surface area contributed by atoms with Gasteiger partial charge >= 0.3 is 0 Å². The van der Waals surface area contributed by atoms with Gasteiger partial charge in [0.05, 0.1) is 22.4 Å². The maximum absolute atomic E-state index is 12.1. The lowest BCUT2D eigenvalue weighted by molar-refractivity contribution is -0.120. The third kappa shape index (κ3) is 5.39. The molecule has 3 N–H and O–H groups in total. The summed E-state index contributed by atoms with van der Waals surface area (Å²) in [4.78, 5) is 28.0. The number of piperidine rings is 1. The number of imidazole rings is 1. The molecule has 4 aromatic rings. The first-order valence-corrected chi connectivity index (χ1v) is 13.4. The van der Waals surface area contributed by atoms with Crippen molar-refractivity contribution in [2.45, 2.75) is 52.9 Å². The molecular weight excluding hydrogens is 474 g/mol. The number of aromatic amines is 2. The third-order valence-corrected chi connectivity index (χ3v) is 6.70. The fourth-order valence-electron chi connectivity index (χ4n) is 4.98. The summed E-state index contributed by atoms with van der Waals surface area (Å²) < 4.78 is 0. The molecular formula is C30H35N7O. The number of nitrogens with one attached hydrogen (secondary N) is 3. The third-order valence-electron chi connectivity index (χ3n) is 6.70. The number of fused-ring (bicyclic) bond motifs is 2. The number of benzene rings is 1. The summed E-state index contributed by atoms with van der Waals surface area (Å²) >= 11 is 0. The van der Waals surface area contributed by atoms with Crippen molar-refractivity contribution in [1.29, 1.82) is 0 Å². The van der Waals surface area contributed by atoms with Gasteiger partial charge in [0.15, 0.2) is 11.5 Å². The highest BCUT2D eigenvalue weighted by molar-refractivity contribution is 5.95. The molecule has 0 aliphatic carbocycles. The van der Waals surface area contributed by atoms with Crippen LogP contribution in [0.25, 0.3) is 39.2 Å². The Balaban J connectivity index is 1.53. The van der Waals surface area contributed by atoms with Crippen LogP contribution >= 0.6 is 0 Å². The summed E-state index contributed by atoms with van der Waals surface area (Å²) in [6.07, 6.45) is 8.90. The van der Waals surface area contributed by atoms with Crippen LogP contribution in [0.1, 0.15) is 58.6 Å². The van der Waals surface area contributed by atoms with Gasteiger partial charge in [-0.1, -0.05) is 31.2 Å². The minimum atomic E-state index is 0.00488. The van der Waals surface area contributed by atoms with Gasteiger partial charge in [-0.05, 0) is 69.9 Å². The molecule has 0 bridgehead atoms. The summed E-state index contributed by atoms with van der Waals surface area (Å²) in [5.74, 6) is 0.689. The normalized spacial score (nSPS) is 14.9. The zero-order valence-electron chi connectivity index (χ0n) is 22.4. The number of aromatic nitrogens is 5. The van der Waals surface area contributed by atoms with Crippen molar-refractivity contribution in [2.75, 3.05) is 18.0 Å². The molecule has 0 atom stereocenters. The monoisotopic (exact) mass is 509 g/mol. The number of hydrogen-bond acceptors (Lipinski definition) is 5. The lowest BCUT2D eigenvalue weighted by Gasteiger charge is -2.28. The highest BCUT2D eigenvalue weighted by Gasteiger charge is 2.19. The van der Waals surface area contributed by atoms with Crippen molar-refractivity contribution < 1.29 is 4.79 Å². The van der Waals surface area contributed by atoms with Crippen LogP contribution in [0, 0.1) is 0 Å². The minimum absolute atomic E-state index is 0.00488. The van der Waals surface area contributed by atoms with E-state index in [4.69, 9.17) is 9.97 Å². The van der Waals surface area contributed by atoms with Gasteiger partial charge in [-0.15, -0.1) is 0 Å². The average molecular weight is 510 g/mol. The summed E-state index contributed by atoms with van der Waals surface area (Å²) in [7, 11) is 0. The Morgan fingerprint density at radius 3 is 2.63 bits per heavy atom. The first kappa shape index (κ1) is 25.4. The SMILES string of the molecule is C=C(C)/C=C(\C=C(/C)NC(=O)CCC)c1ccc2[nH]nc(-c3nc4c(N5CCCCC5)cccc4[nH]3)c2n1. The Hall–Kier alpha value is -4.20. The first-order valence-electron chi connectivity index (χ1n) is 13.4. The number of carbonyl (C=O) groups excluding carboxylic acids is 1. The van der Waals surface area contributed by atoms with Gasteiger partial charge in [-0.3, -0.25) is 9.89 Å². The number of pyridine rings is 1. The largest absolute Gasteiger partial charge is 0.370 e. The van der Waals surface area contributed by atoms with Crippen molar-refractivity contribution in [3.63, 3.8) is 0 Å². The topological polar surface area (TPSA) is 103 Å². The fraction of sp³-hybridized carbons (Fsp3) is 0.333. The smallest absolute Gasteiger partial charge is 0.224 e. The molecule has 0 unspecified atom stereocenters. The highest BCUT2D eigenvalue weighted by Crippen LogP contribution is 2.32. The van der Waals surface area contributed by atoms with Crippen LogP contribution in [0.3, 0.4) is 0 Å². The van der Waals surface area contributed by atoms with E-state index in [9.17, 15) is 4.79 Å². The number of nitrogens with zero attached hydrogens (tertiary/aromatic N) is 4.